The zero-order valence-electron chi connectivity index (χ0n) is 21.4. The molecule has 2 aromatic heterocycles. The molecule has 2 heterocycles. The molecule has 0 saturated heterocycles. The van der Waals surface area contributed by atoms with Gasteiger partial charge in [-0.2, -0.15) is 4.57 Å². The van der Waals surface area contributed by atoms with E-state index in [0.717, 1.165) is 28.0 Å². The van der Waals surface area contributed by atoms with Crippen molar-refractivity contribution < 1.29 is 23.2 Å². The number of amidine groups is 1. The first-order chi connectivity index (χ1) is 19.0. The standard InChI is InChI=1S/C31H27N3O5/c1-22-29(39-31(36)38-22)20-34-17-7-8-24(19-34)18-32-30(35)33-26-15-13-23(14-16-26)21-37-28-12-6-5-11-27(28)25-9-3-2-4-10-25/h2-17,19H,18,20-21H2,1H3,(H-,32,33,35). The van der Waals surface area contributed by atoms with Gasteiger partial charge in [-0.05, 0) is 42.3 Å². The molecule has 0 unspecified atom stereocenters. The fraction of sp³-hybridized carbons (Fsp3) is 0.129. The first-order valence-electron chi connectivity index (χ1n) is 12.5. The average molecular weight is 522 g/mol. The normalized spacial score (nSPS) is 11.4. The number of anilines is 1. The molecule has 3 aromatic carbocycles. The minimum absolute atomic E-state index is 0.202. The van der Waals surface area contributed by atoms with Crippen LogP contribution in [0.5, 0.6) is 5.75 Å². The lowest BCUT2D eigenvalue weighted by atomic mass is 10.0. The lowest BCUT2D eigenvalue weighted by Gasteiger charge is -2.15. The first-order valence-corrected chi connectivity index (χ1v) is 12.5. The molecule has 0 bridgehead atoms. The van der Waals surface area contributed by atoms with Gasteiger partial charge in [-0.15, -0.1) is 0 Å². The minimum Gasteiger partial charge on any atom is -0.846 e. The maximum Gasteiger partial charge on any atom is 0.519 e. The number of aryl methyl sites for hydroxylation is 1. The molecule has 196 valence electrons. The Hall–Kier alpha value is -5.11. The van der Waals surface area contributed by atoms with E-state index in [1.165, 1.54) is 0 Å². The molecule has 5 rings (SSSR count). The molecule has 0 aliphatic rings. The van der Waals surface area contributed by atoms with Gasteiger partial charge in [0.15, 0.2) is 18.2 Å². The van der Waals surface area contributed by atoms with Crippen molar-refractivity contribution in [2.75, 3.05) is 5.32 Å². The van der Waals surface area contributed by atoms with Crippen LogP contribution in [0.25, 0.3) is 11.1 Å². The first kappa shape index (κ1) is 25.5. The number of hydrogen-bond donors (Lipinski definition) is 1. The van der Waals surface area contributed by atoms with Gasteiger partial charge < -0.3 is 24.0 Å². The molecule has 0 aliphatic carbocycles. The van der Waals surface area contributed by atoms with Gasteiger partial charge in [0.05, 0.1) is 12.6 Å². The number of pyridine rings is 1. The Labute approximate surface area is 225 Å². The maximum absolute atomic E-state index is 12.4. The van der Waals surface area contributed by atoms with E-state index in [9.17, 15) is 9.90 Å². The molecule has 1 N–H and O–H groups in total. The summed E-state index contributed by atoms with van der Waals surface area (Å²) < 4.78 is 17.9. The fourth-order valence-electron chi connectivity index (χ4n) is 4.07. The summed E-state index contributed by atoms with van der Waals surface area (Å²) in [5.41, 5.74) is 4.59. The zero-order chi connectivity index (χ0) is 27.0. The third-order valence-corrected chi connectivity index (χ3v) is 6.06. The summed E-state index contributed by atoms with van der Waals surface area (Å²) in [6, 6.07) is 28.8. The van der Waals surface area contributed by atoms with Crippen molar-refractivity contribution in [3.63, 3.8) is 0 Å². The van der Waals surface area contributed by atoms with Gasteiger partial charge in [0.1, 0.15) is 12.4 Å². The highest BCUT2D eigenvalue weighted by molar-refractivity contribution is 5.85. The number of rotatable bonds is 9. The van der Waals surface area contributed by atoms with Gasteiger partial charge >= 0.3 is 5.82 Å². The lowest BCUT2D eigenvalue weighted by molar-refractivity contribution is -0.690. The van der Waals surface area contributed by atoms with Crippen LogP contribution in [0.4, 0.5) is 5.69 Å². The van der Waals surface area contributed by atoms with E-state index in [1.807, 2.05) is 95.8 Å². The van der Waals surface area contributed by atoms with Crippen molar-refractivity contribution in [2.24, 2.45) is 4.99 Å². The van der Waals surface area contributed by atoms with Crippen molar-refractivity contribution in [2.45, 2.75) is 26.6 Å². The van der Waals surface area contributed by atoms with Gasteiger partial charge in [-0.25, -0.2) is 4.79 Å². The molecule has 8 heteroatoms. The predicted octanol–water partition coefficient (Wildman–Crippen LogP) is 4.45. The second-order valence-electron chi connectivity index (χ2n) is 8.91. The van der Waals surface area contributed by atoms with Crippen LogP contribution in [0.2, 0.25) is 0 Å². The van der Waals surface area contributed by atoms with E-state index in [1.54, 1.807) is 6.92 Å². The quantitative estimate of drug-likeness (QED) is 0.175. The molecule has 0 aliphatic heterocycles. The summed E-state index contributed by atoms with van der Waals surface area (Å²) in [4.78, 5) is 15.4. The fourth-order valence-corrected chi connectivity index (χ4v) is 4.07. The third-order valence-electron chi connectivity index (χ3n) is 6.06. The van der Waals surface area contributed by atoms with E-state index in [-0.39, 0.29) is 6.54 Å². The van der Waals surface area contributed by atoms with Crippen LogP contribution in [-0.2, 0) is 19.7 Å². The van der Waals surface area contributed by atoms with Gasteiger partial charge in [-0.3, -0.25) is 4.99 Å². The Balaban J connectivity index is 1.16. The van der Waals surface area contributed by atoms with Gasteiger partial charge in [0.2, 0.25) is 12.3 Å². The summed E-state index contributed by atoms with van der Waals surface area (Å²) in [7, 11) is 0. The molecule has 0 atom stereocenters. The van der Waals surface area contributed by atoms with E-state index in [0.29, 0.717) is 30.4 Å². The smallest absolute Gasteiger partial charge is 0.519 e. The molecule has 0 fully saturated rings. The number of aromatic nitrogens is 1. The molecule has 0 amide bonds. The van der Waals surface area contributed by atoms with Crippen LogP contribution >= 0.6 is 0 Å². The van der Waals surface area contributed by atoms with E-state index in [4.69, 9.17) is 13.6 Å². The van der Waals surface area contributed by atoms with Crippen LogP contribution < -0.4 is 25.5 Å². The van der Waals surface area contributed by atoms with Crippen LogP contribution in [0.1, 0.15) is 22.6 Å². The lowest BCUT2D eigenvalue weighted by Crippen LogP contribution is -2.34. The summed E-state index contributed by atoms with van der Waals surface area (Å²) in [5.74, 6) is 0.981. The van der Waals surface area contributed by atoms with Gasteiger partial charge in [0, 0.05) is 22.9 Å². The largest absolute Gasteiger partial charge is 0.846 e. The van der Waals surface area contributed by atoms with Crippen molar-refractivity contribution in [1.82, 2.24) is 0 Å². The highest BCUT2D eigenvalue weighted by Gasteiger charge is 2.14. The predicted molar refractivity (Wildman–Crippen MR) is 145 cm³/mol. The Bertz CT molecular complexity index is 1620. The summed E-state index contributed by atoms with van der Waals surface area (Å²) in [6.45, 7) is 2.62. The molecule has 0 radical (unpaired) electrons. The van der Waals surface area contributed by atoms with E-state index >= 15 is 0 Å². The number of benzene rings is 3. The number of hydrogen-bond acceptors (Lipinski definition) is 6. The number of nitrogens with one attached hydrogen (secondary N) is 1. The van der Waals surface area contributed by atoms with Crippen LogP contribution in [0.3, 0.4) is 0 Å². The molecule has 0 spiro atoms. The SMILES string of the molecule is Cc1oc(=O)oc1C[n+]1cccc(CN=C([O-])Nc2ccc(COc3ccccc3-c3ccccc3)cc2)c1. The van der Waals surface area contributed by atoms with Crippen molar-refractivity contribution >= 4 is 11.7 Å². The Morgan fingerprint density at radius 3 is 2.46 bits per heavy atom. The van der Waals surface area contributed by atoms with Crippen LogP contribution in [0, 0.1) is 6.92 Å². The molecule has 5 aromatic rings. The zero-order valence-corrected chi connectivity index (χ0v) is 21.4. The second-order valence-corrected chi connectivity index (χ2v) is 8.91. The van der Waals surface area contributed by atoms with Crippen molar-refractivity contribution in [3.8, 4) is 16.9 Å². The van der Waals surface area contributed by atoms with E-state index in [2.05, 4.69) is 22.4 Å². The van der Waals surface area contributed by atoms with Crippen LogP contribution in [-0.4, -0.2) is 6.02 Å². The number of aliphatic imine (C=N–C) groups is 1. The maximum atomic E-state index is 12.4. The molecule has 0 saturated carbocycles. The number of para-hydroxylation sites is 1. The number of nitrogens with zero attached hydrogens (tertiary/aromatic N) is 2. The Kier molecular flexibility index (Phi) is 7.83. The molecular formula is C31H27N3O5. The topological polar surface area (TPSA) is 104 Å². The van der Waals surface area contributed by atoms with Crippen molar-refractivity contribution in [3.05, 3.63) is 137 Å². The summed E-state index contributed by atoms with van der Waals surface area (Å²) >= 11 is 0. The average Bonchev–Trinajstić information content (AvgIpc) is 3.28. The third kappa shape index (κ3) is 6.81. The molecular weight excluding hydrogens is 494 g/mol. The molecule has 8 nitrogen and oxygen atoms in total. The monoisotopic (exact) mass is 521 g/mol. The Morgan fingerprint density at radius 1 is 0.923 bits per heavy atom. The Morgan fingerprint density at radius 2 is 1.69 bits per heavy atom. The van der Waals surface area contributed by atoms with E-state index < -0.39 is 11.8 Å². The second kappa shape index (κ2) is 12.0. The van der Waals surface area contributed by atoms with Gasteiger partial charge in [0.25, 0.3) is 0 Å². The van der Waals surface area contributed by atoms with Crippen molar-refractivity contribution in [1.29, 1.82) is 0 Å². The van der Waals surface area contributed by atoms with Gasteiger partial charge in [-0.1, -0.05) is 60.7 Å². The molecule has 39 heavy (non-hydrogen) atoms. The summed E-state index contributed by atoms with van der Waals surface area (Å²) in [6.07, 6.45) is 3.68. The minimum atomic E-state index is -0.722. The van der Waals surface area contributed by atoms with Crippen LogP contribution in [0.15, 0.2) is 122 Å². The summed E-state index contributed by atoms with van der Waals surface area (Å²) in [5, 5.41) is 15.2. The highest BCUT2D eigenvalue weighted by Crippen LogP contribution is 2.30. The number of ether oxygens (including phenoxy) is 1. The highest BCUT2D eigenvalue weighted by atomic mass is 16.6.